The van der Waals surface area contributed by atoms with Crippen LogP contribution in [0.4, 0.5) is 18.9 Å². The number of nitriles is 1. The largest absolute Gasteiger partial charge is 0.480 e. The average molecular weight is 284 g/mol. The molecule has 106 valence electrons. The summed E-state index contributed by atoms with van der Waals surface area (Å²) < 4.78 is 38.0. The fraction of sp³-hybridized carbons (Fsp3) is 0.385. The Hall–Kier alpha value is -2.23. The van der Waals surface area contributed by atoms with Gasteiger partial charge in [-0.2, -0.15) is 18.4 Å². The van der Waals surface area contributed by atoms with Gasteiger partial charge in [-0.3, -0.25) is 0 Å². The van der Waals surface area contributed by atoms with Crippen LogP contribution in [0.5, 0.6) is 0 Å². The molecule has 20 heavy (non-hydrogen) atoms. The third-order valence-electron chi connectivity index (χ3n) is 3.31. The second-order valence-corrected chi connectivity index (χ2v) is 4.56. The van der Waals surface area contributed by atoms with Crippen LogP contribution in [0.2, 0.25) is 0 Å². The van der Waals surface area contributed by atoms with Crippen LogP contribution in [0, 0.1) is 17.2 Å². The number of alkyl halides is 3. The van der Waals surface area contributed by atoms with Crippen LogP contribution in [0.3, 0.4) is 0 Å². The van der Waals surface area contributed by atoms with Crippen molar-refractivity contribution in [3.05, 3.63) is 29.8 Å². The number of nitrogens with zero attached hydrogens (tertiary/aromatic N) is 2. The number of carboxylic acids is 1. The first-order chi connectivity index (χ1) is 9.34. The number of anilines is 1. The number of para-hydroxylation sites is 1. The molecule has 7 heteroatoms. The topological polar surface area (TPSA) is 64.3 Å². The minimum atomic E-state index is -4.67. The minimum Gasteiger partial charge on any atom is -0.480 e. The Kier molecular flexibility index (Phi) is 3.57. The zero-order valence-corrected chi connectivity index (χ0v) is 10.3. The number of aliphatic carboxylic acids is 1. The monoisotopic (exact) mass is 284 g/mol. The van der Waals surface area contributed by atoms with Gasteiger partial charge in [0.25, 0.3) is 0 Å². The number of hydrogen-bond donors (Lipinski definition) is 1. The van der Waals surface area contributed by atoms with Crippen molar-refractivity contribution in [2.75, 3.05) is 11.4 Å². The number of carboxylic acid groups (broad SMARTS) is 1. The third-order valence-corrected chi connectivity index (χ3v) is 3.31. The van der Waals surface area contributed by atoms with E-state index in [0.29, 0.717) is 11.3 Å². The van der Waals surface area contributed by atoms with E-state index in [1.54, 1.807) is 24.3 Å². The lowest BCUT2D eigenvalue weighted by atomic mass is 10.1. The first-order valence-electron chi connectivity index (χ1n) is 5.88. The van der Waals surface area contributed by atoms with E-state index in [9.17, 15) is 18.0 Å². The van der Waals surface area contributed by atoms with E-state index in [-0.39, 0.29) is 6.42 Å². The molecule has 0 spiro atoms. The average Bonchev–Trinajstić information content (AvgIpc) is 2.73. The van der Waals surface area contributed by atoms with Crippen LogP contribution in [-0.4, -0.2) is 29.8 Å². The van der Waals surface area contributed by atoms with Gasteiger partial charge in [0.15, 0.2) is 5.92 Å². The molecule has 2 unspecified atom stereocenters. The molecular formula is C13H11F3N2O2. The molecule has 0 aromatic heterocycles. The second-order valence-electron chi connectivity index (χ2n) is 4.56. The first kappa shape index (κ1) is 14.2. The zero-order valence-electron chi connectivity index (χ0n) is 10.3. The molecule has 1 aromatic rings. The SMILES string of the molecule is N#CC(CN1c2ccccc2CC1C(=O)O)C(F)(F)F. The van der Waals surface area contributed by atoms with E-state index < -0.39 is 30.7 Å². The molecule has 2 rings (SSSR count). The van der Waals surface area contributed by atoms with Crippen LogP contribution in [0.1, 0.15) is 5.56 Å². The summed E-state index contributed by atoms with van der Waals surface area (Å²) in [6.45, 7) is -0.673. The van der Waals surface area contributed by atoms with Gasteiger partial charge in [0.1, 0.15) is 6.04 Å². The van der Waals surface area contributed by atoms with Crippen molar-refractivity contribution in [2.45, 2.75) is 18.6 Å². The fourth-order valence-corrected chi connectivity index (χ4v) is 2.31. The number of halogens is 3. The quantitative estimate of drug-likeness (QED) is 0.924. The van der Waals surface area contributed by atoms with E-state index >= 15 is 0 Å². The Morgan fingerprint density at radius 1 is 1.50 bits per heavy atom. The second kappa shape index (κ2) is 5.04. The van der Waals surface area contributed by atoms with Gasteiger partial charge in [-0.1, -0.05) is 18.2 Å². The summed E-state index contributed by atoms with van der Waals surface area (Å²) in [4.78, 5) is 12.3. The normalized spacial score (nSPS) is 19.3. The fourth-order valence-electron chi connectivity index (χ4n) is 2.31. The standard InChI is InChI=1S/C13H11F3N2O2/c14-13(15,16)9(6-17)7-18-10-4-2-1-3-8(10)5-11(18)12(19)20/h1-4,9,11H,5,7H2,(H,19,20). The number of fused-ring (bicyclic) bond motifs is 1. The molecule has 1 heterocycles. The predicted octanol–water partition coefficient (Wildman–Crippen LogP) is 2.20. The van der Waals surface area contributed by atoms with E-state index in [1.807, 2.05) is 0 Å². The van der Waals surface area contributed by atoms with Gasteiger partial charge in [0, 0.05) is 18.7 Å². The number of carbonyl (C=O) groups is 1. The molecule has 0 fully saturated rings. The maximum absolute atomic E-state index is 12.7. The Morgan fingerprint density at radius 3 is 2.70 bits per heavy atom. The lowest BCUT2D eigenvalue weighted by Gasteiger charge is -2.27. The van der Waals surface area contributed by atoms with Crippen LogP contribution in [0.25, 0.3) is 0 Å². The number of hydrogen-bond acceptors (Lipinski definition) is 3. The summed E-state index contributed by atoms with van der Waals surface area (Å²) in [7, 11) is 0. The smallest absolute Gasteiger partial charge is 0.406 e. The van der Waals surface area contributed by atoms with Gasteiger partial charge >= 0.3 is 12.1 Å². The van der Waals surface area contributed by atoms with E-state index in [2.05, 4.69) is 0 Å². The number of rotatable bonds is 3. The molecule has 0 radical (unpaired) electrons. The van der Waals surface area contributed by atoms with Gasteiger partial charge < -0.3 is 10.0 Å². The van der Waals surface area contributed by atoms with Gasteiger partial charge in [-0.15, -0.1) is 0 Å². The highest BCUT2D eigenvalue weighted by molar-refractivity contribution is 5.82. The summed E-state index contributed by atoms with van der Waals surface area (Å²) in [5, 5.41) is 17.8. The van der Waals surface area contributed by atoms with Crippen molar-refractivity contribution in [3.63, 3.8) is 0 Å². The van der Waals surface area contributed by atoms with Crippen LogP contribution < -0.4 is 4.90 Å². The van der Waals surface area contributed by atoms with Crippen LogP contribution >= 0.6 is 0 Å². The molecule has 0 saturated carbocycles. The summed E-state index contributed by atoms with van der Waals surface area (Å²) in [5.41, 5.74) is 1.13. The molecule has 2 atom stereocenters. The molecule has 0 amide bonds. The molecule has 1 aromatic carbocycles. The molecule has 1 aliphatic heterocycles. The highest BCUT2D eigenvalue weighted by atomic mass is 19.4. The molecule has 4 nitrogen and oxygen atoms in total. The number of benzene rings is 1. The Balaban J connectivity index is 2.32. The summed E-state index contributed by atoms with van der Waals surface area (Å²) >= 11 is 0. The molecule has 1 aliphatic rings. The minimum absolute atomic E-state index is 0.140. The van der Waals surface area contributed by atoms with Crippen molar-refractivity contribution in [1.82, 2.24) is 0 Å². The molecule has 0 aliphatic carbocycles. The summed E-state index contributed by atoms with van der Waals surface area (Å²) in [6, 6.07) is 6.72. The Labute approximate surface area is 113 Å². The Morgan fingerprint density at radius 2 is 2.15 bits per heavy atom. The molecule has 0 saturated heterocycles. The van der Waals surface area contributed by atoms with Gasteiger partial charge in [-0.25, -0.2) is 4.79 Å². The predicted molar refractivity (Wildman–Crippen MR) is 64.1 cm³/mol. The van der Waals surface area contributed by atoms with Gasteiger partial charge in [-0.05, 0) is 11.6 Å². The molecular weight excluding hydrogens is 273 g/mol. The van der Waals surface area contributed by atoms with Crippen molar-refractivity contribution in [3.8, 4) is 6.07 Å². The highest BCUT2D eigenvalue weighted by Gasteiger charge is 2.44. The lowest BCUT2D eigenvalue weighted by molar-refractivity contribution is -0.157. The van der Waals surface area contributed by atoms with Crippen LogP contribution in [0.15, 0.2) is 24.3 Å². The van der Waals surface area contributed by atoms with Crippen molar-refractivity contribution >= 4 is 11.7 Å². The van der Waals surface area contributed by atoms with Crippen molar-refractivity contribution in [2.24, 2.45) is 5.92 Å². The molecule has 1 N–H and O–H groups in total. The van der Waals surface area contributed by atoms with E-state index in [1.165, 1.54) is 6.07 Å². The summed E-state index contributed by atoms with van der Waals surface area (Å²) in [6.07, 6.45) is -4.53. The maximum Gasteiger partial charge on any atom is 0.406 e. The van der Waals surface area contributed by atoms with E-state index in [4.69, 9.17) is 10.4 Å². The van der Waals surface area contributed by atoms with Gasteiger partial charge in [0.2, 0.25) is 0 Å². The third kappa shape index (κ3) is 2.54. The zero-order chi connectivity index (χ0) is 14.9. The van der Waals surface area contributed by atoms with Gasteiger partial charge in [0.05, 0.1) is 6.07 Å². The summed E-state index contributed by atoms with van der Waals surface area (Å²) in [5.74, 6) is -3.41. The highest BCUT2D eigenvalue weighted by Crippen LogP contribution is 2.35. The van der Waals surface area contributed by atoms with Crippen molar-refractivity contribution in [1.29, 1.82) is 5.26 Å². The maximum atomic E-state index is 12.7. The van der Waals surface area contributed by atoms with Crippen LogP contribution in [-0.2, 0) is 11.2 Å². The van der Waals surface area contributed by atoms with Crippen molar-refractivity contribution < 1.29 is 23.1 Å². The lowest BCUT2D eigenvalue weighted by Crippen LogP contribution is -2.44. The Bertz CT molecular complexity index is 565. The van der Waals surface area contributed by atoms with E-state index in [0.717, 1.165) is 4.90 Å². The molecule has 0 bridgehead atoms. The first-order valence-corrected chi connectivity index (χ1v) is 5.88.